The Labute approximate surface area is 127 Å². The number of amides is 1. The molecule has 2 aromatic heterocycles. The molecule has 1 aliphatic heterocycles. The fourth-order valence-electron chi connectivity index (χ4n) is 2.39. The van der Waals surface area contributed by atoms with Crippen LogP contribution in [0.2, 0.25) is 0 Å². The molecule has 0 saturated carbocycles. The smallest absolute Gasteiger partial charge is 0.290 e. The van der Waals surface area contributed by atoms with E-state index in [9.17, 15) is 4.79 Å². The van der Waals surface area contributed by atoms with Crippen molar-refractivity contribution in [2.24, 2.45) is 5.73 Å². The lowest BCUT2D eigenvalue weighted by atomic mass is 10.4. The number of rotatable bonds is 4. The summed E-state index contributed by atoms with van der Waals surface area (Å²) >= 11 is 0. The molecule has 0 bridgehead atoms. The molecule has 0 spiro atoms. The molecule has 3 heterocycles. The summed E-state index contributed by atoms with van der Waals surface area (Å²) in [5.74, 6) is 0.388. The second-order valence-corrected chi connectivity index (χ2v) is 5.04. The minimum absolute atomic E-state index is 0.0795. The number of carbonyl (C=O) groups is 1. The van der Waals surface area contributed by atoms with Crippen molar-refractivity contribution in [1.82, 2.24) is 25.0 Å². The average Bonchev–Trinajstić information content (AvgIpc) is 2.87. The third kappa shape index (κ3) is 3.37. The van der Waals surface area contributed by atoms with Crippen molar-refractivity contribution < 1.29 is 9.32 Å². The number of nitrogens with zero attached hydrogens (tertiary/aromatic N) is 6. The Morgan fingerprint density at radius 2 is 2.05 bits per heavy atom. The van der Waals surface area contributed by atoms with Gasteiger partial charge in [0.2, 0.25) is 11.8 Å². The maximum atomic E-state index is 11.0. The first-order chi connectivity index (χ1) is 10.7. The van der Waals surface area contributed by atoms with Crippen molar-refractivity contribution in [2.45, 2.75) is 13.0 Å². The highest BCUT2D eigenvalue weighted by Gasteiger charge is 2.19. The first-order valence-electron chi connectivity index (χ1n) is 7.09. The highest BCUT2D eigenvalue weighted by atomic mass is 16.5. The molecule has 1 aliphatic rings. The Hall–Kier alpha value is -2.55. The molecule has 9 heteroatoms. The van der Waals surface area contributed by atoms with Gasteiger partial charge in [-0.3, -0.25) is 9.69 Å². The number of hydrogen-bond donors (Lipinski definition) is 1. The molecular weight excluding hydrogens is 286 g/mol. The largest absolute Gasteiger partial charge is 0.363 e. The van der Waals surface area contributed by atoms with Gasteiger partial charge in [-0.25, -0.2) is 9.97 Å². The molecule has 0 atom stereocenters. The third-order valence-corrected chi connectivity index (χ3v) is 3.47. The van der Waals surface area contributed by atoms with Gasteiger partial charge in [0.25, 0.3) is 11.7 Å². The van der Waals surface area contributed by atoms with Crippen LogP contribution in [0.1, 0.15) is 22.9 Å². The Morgan fingerprint density at radius 1 is 1.23 bits per heavy atom. The van der Waals surface area contributed by atoms with Gasteiger partial charge in [0.1, 0.15) is 0 Å². The summed E-state index contributed by atoms with van der Waals surface area (Å²) < 4.78 is 5.04. The van der Waals surface area contributed by atoms with Gasteiger partial charge in [-0.2, -0.15) is 4.98 Å². The fraction of sp³-hybridized carbons (Fsp3) is 0.462. The fourth-order valence-corrected chi connectivity index (χ4v) is 2.39. The van der Waals surface area contributed by atoms with E-state index in [1.54, 1.807) is 18.5 Å². The van der Waals surface area contributed by atoms with E-state index >= 15 is 0 Å². The summed E-state index contributed by atoms with van der Waals surface area (Å²) in [5, 5.41) is 3.55. The number of carbonyl (C=O) groups excluding carboxylic acids is 1. The monoisotopic (exact) mass is 303 g/mol. The summed E-state index contributed by atoms with van der Waals surface area (Å²) in [6.45, 7) is 3.95. The standard InChI is InChI=1S/C13H17N7O2/c14-11(21)12-17-10(22-18-12)9-19-5-2-6-20(8-7-19)13-15-3-1-4-16-13/h1,3-4H,2,5-9H2,(H2,14,21). The van der Waals surface area contributed by atoms with Crippen LogP contribution in [0.5, 0.6) is 0 Å². The van der Waals surface area contributed by atoms with E-state index in [0.717, 1.165) is 38.5 Å². The molecular formula is C13H17N7O2. The van der Waals surface area contributed by atoms with Crippen LogP contribution in [0.4, 0.5) is 5.95 Å². The highest BCUT2D eigenvalue weighted by molar-refractivity contribution is 5.88. The minimum Gasteiger partial charge on any atom is -0.363 e. The maximum absolute atomic E-state index is 11.0. The van der Waals surface area contributed by atoms with Crippen LogP contribution < -0.4 is 10.6 Å². The summed E-state index contributed by atoms with van der Waals surface area (Å²) in [7, 11) is 0. The van der Waals surface area contributed by atoms with Gasteiger partial charge in [0.05, 0.1) is 6.54 Å². The zero-order valence-corrected chi connectivity index (χ0v) is 12.1. The van der Waals surface area contributed by atoms with Crippen molar-refractivity contribution in [3.63, 3.8) is 0 Å². The zero-order chi connectivity index (χ0) is 15.4. The van der Waals surface area contributed by atoms with Crippen LogP contribution in [0.3, 0.4) is 0 Å². The predicted molar refractivity (Wildman–Crippen MR) is 77.0 cm³/mol. The van der Waals surface area contributed by atoms with Gasteiger partial charge in [0, 0.05) is 38.6 Å². The van der Waals surface area contributed by atoms with Crippen molar-refractivity contribution >= 4 is 11.9 Å². The van der Waals surface area contributed by atoms with Crippen LogP contribution >= 0.6 is 0 Å². The quantitative estimate of drug-likeness (QED) is 0.816. The van der Waals surface area contributed by atoms with E-state index < -0.39 is 5.91 Å². The Morgan fingerprint density at radius 3 is 2.77 bits per heavy atom. The lowest BCUT2D eigenvalue weighted by molar-refractivity contribution is 0.0987. The summed E-state index contributed by atoms with van der Waals surface area (Å²) in [6, 6.07) is 1.81. The number of anilines is 1. The van der Waals surface area contributed by atoms with Gasteiger partial charge in [-0.15, -0.1) is 0 Å². The molecule has 2 aromatic rings. The zero-order valence-electron chi connectivity index (χ0n) is 12.1. The molecule has 1 amide bonds. The first kappa shape index (κ1) is 14.4. The van der Waals surface area contributed by atoms with Crippen LogP contribution in [0.15, 0.2) is 23.0 Å². The lowest BCUT2D eigenvalue weighted by Crippen LogP contribution is -2.31. The van der Waals surface area contributed by atoms with E-state index in [-0.39, 0.29) is 5.82 Å². The molecule has 0 unspecified atom stereocenters. The molecule has 3 rings (SSSR count). The van der Waals surface area contributed by atoms with E-state index in [4.69, 9.17) is 10.3 Å². The number of aromatic nitrogens is 4. The van der Waals surface area contributed by atoms with Gasteiger partial charge in [-0.05, 0) is 12.5 Å². The molecule has 2 N–H and O–H groups in total. The number of primary amides is 1. The van der Waals surface area contributed by atoms with Crippen LogP contribution in [-0.2, 0) is 6.54 Å². The van der Waals surface area contributed by atoms with Crippen LogP contribution in [0.25, 0.3) is 0 Å². The first-order valence-corrected chi connectivity index (χ1v) is 7.09. The third-order valence-electron chi connectivity index (χ3n) is 3.47. The van der Waals surface area contributed by atoms with Crippen LogP contribution in [0, 0.1) is 0 Å². The van der Waals surface area contributed by atoms with E-state index in [0.29, 0.717) is 12.4 Å². The van der Waals surface area contributed by atoms with Crippen molar-refractivity contribution in [3.8, 4) is 0 Å². The highest BCUT2D eigenvalue weighted by Crippen LogP contribution is 2.12. The van der Waals surface area contributed by atoms with Gasteiger partial charge in [0.15, 0.2) is 0 Å². The number of nitrogens with two attached hydrogens (primary N) is 1. The molecule has 0 aliphatic carbocycles. The Bertz CT molecular complexity index is 630. The van der Waals surface area contributed by atoms with Gasteiger partial charge >= 0.3 is 0 Å². The Kier molecular flexibility index (Phi) is 4.24. The van der Waals surface area contributed by atoms with Gasteiger partial charge < -0.3 is 15.2 Å². The summed E-state index contributed by atoms with van der Waals surface area (Å²) in [5.41, 5.74) is 5.11. The molecule has 0 radical (unpaired) electrons. The second-order valence-electron chi connectivity index (χ2n) is 5.04. The molecule has 116 valence electrons. The SMILES string of the molecule is NC(=O)c1noc(CN2CCCN(c3ncccn3)CC2)n1. The van der Waals surface area contributed by atoms with Crippen molar-refractivity contribution in [3.05, 3.63) is 30.2 Å². The predicted octanol–water partition coefficient (Wildman–Crippen LogP) is -0.329. The normalized spacial score (nSPS) is 16.5. The summed E-state index contributed by atoms with van der Waals surface area (Å²) in [6.07, 6.45) is 4.47. The topological polar surface area (TPSA) is 114 Å². The van der Waals surface area contributed by atoms with Crippen LogP contribution in [-0.4, -0.2) is 57.1 Å². The molecule has 22 heavy (non-hydrogen) atoms. The maximum Gasteiger partial charge on any atom is 0.290 e. The molecule has 1 saturated heterocycles. The lowest BCUT2D eigenvalue weighted by Gasteiger charge is -2.20. The van der Waals surface area contributed by atoms with E-state index in [1.807, 2.05) is 0 Å². The molecule has 0 aromatic carbocycles. The molecule has 9 nitrogen and oxygen atoms in total. The molecule has 1 fully saturated rings. The van der Waals surface area contributed by atoms with E-state index in [2.05, 4.69) is 29.9 Å². The van der Waals surface area contributed by atoms with E-state index in [1.165, 1.54) is 0 Å². The number of hydrogen-bond acceptors (Lipinski definition) is 8. The van der Waals surface area contributed by atoms with Crippen molar-refractivity contribution in [2.75, 3.05) is 31.1 Å². The average molecular weight is 303 g/mol. The summed E-state index contributed by atoms with van der Waals surface area (Å²) in [4.78, 5) is 27.9. The van der Waals surface area contributed by atoms with Gasteiger partial charge in [-0.1, -0.05) is 5.16 Å². The Balaban J connectivity index is 1.59. The van der Waals surface area contributed by atoms with Crippen molar-refractivity contribution in [1.29, 1.82) is 0 Å². The minimum atomic E-state index is -0.682. The second kappa shape index (κ2) is 6.48.